The topological polar surface area (TPSA) is 49.4 Å². The first-order chi connectivity index (χ1) is 11.6. The molecule has 0 saturated heterocycles. The van der Waals surface area contributed by atoms with Crippen molar-refractivity contribution in [3.05, 3.63) is 65.7 Å². The molecule has 0 radical (unpaired) electrons. The molecule has 2 amide bonds. The zero-order valence-electron chi connectivity index (χ0n) is 13.9. The second kappa shape index (κ2) is 7.30. The number of carbonyl (C=O) groups is 2. The molecule has 2 aromatic carbocycles. The first-order valence-electron chi connectivity index (χ1n) is 8.38. The van der Waals surface area contributed by atoms with E-state index in [1.165, 1.54) is 0 Å². The summed E-state index contributed by atoms with van der Waals surface area (Å²) in [6, 6.07) is 17.6. The van der Waals surface area contributed by atoms with Gasteiger partial charge in [0.15, 0.2) is 0 Å². The van der Waals surface area contributed by atoms with Crippen LogP contribution in [0.4, 0.5) is 5.69 Å². The number of hydrogen-bond donors (Lipinski definition) is 1. The van der Waals surface area contributed by atoms with Crippen molar-refractivity contribution in [3.63, 3.8) is 0 Å². The highest BCUT2D eigenvalue weighted by molar-refractivity contribution is 5.99. The summed E-state index contributed by atoms with van der Waals surface area (Å²) in [4.78, 5) is 26.5. The smallest absolute Gasteiger partial charge is 0.240 e. The van der Waals surface area contributed by atoms with Crippen molar-refractivity contribution in [1.29, 1.82) is 0 Å². The van der Waals surface area contributed by atoms with Gasteiger partial charge in [0.1, 0.15) is 6.54 Å². The number of carbonyl (C=O) groups excluding carboxylic acids is 2. The van der Waals surface area contributed by atoms with Gasteiger partial charge < -0.3 is 10.2 Å². The van der Waals surface area contributed by atoms with E-state index in [4.69, 9.17) is 0 Å². The van der Waals surface area contributed by atoms with Crippen molar-refractivity contribution in [2.75, 3.05) is 11.4 Å². The van der Waals surface area contributed by atoms with Gasteiger partial charge in [0, 0.05) is 12.1 Å². The van der Waals surface area contributed by atoms with Gasteiger partial charge in [-0.25, -0.2) is 0 Å². The highest BCUT2D eigenvalue weighted by Crippen LogP contribution is 2.26. The Morgan fingerprint density at radius 1 is 1.08 bits per heavy atom. The van der Waals surface area contributed by atoms with E-state index in [1.54, 1.807) is 4.90 Å². The Morgan fingerprint density at radius 2 is 1.79 bits per heavy atom. The lowest BCUT2D eigenvalue weighted by atomic mass is 10.1. The summed E-state index contributed by atoms with van der Waals surface area (Å²) in [6.45, 7) is 2.01. The molecule has 2 aromatic rings. The van der Waals surface area contributed by atoms with E-state index in [0.717, 1.165) is 29.7 Å². The molecule has 4 nitrogen and oxygen atoms in total. The van der Waals surface area contributed by atoms with Gasteiger partial charge in [-0.2, -0.15) is 0 Å². The third-order valence-corrected chi connectivity index (χ3v) is 4.40. The van der Waals surface area contributed by atoms with E-state index in [2.05, 4.69) is 5.32 Å². The monoisotopic (exact) mass is 322 g/mol. The molecule has 1 unspecified atom stereocenters. The summed E-state index contributed by atoms with van der Waals surface area (Å²) in [5.41, 5.74) is 3.04. The van der Waals surface area contributed by atoms with Crippen molar-refractivity contribution in [2.45, 2.75) is 32.2 Å². The summed E-state index contributed by atoms with van der Waals surface area (Å²) in [5, 5.41) is 2.98. The second-order valence-electron chi connectivity index (χ2n) is 6.16. The van der Waals surface area contributed by atoms with E-state index >= 15 is 0 Å². The van der Waals surface area contributed by atoms with Crippen LogP contribution >= 0.6 is 0 Å². The zero-order valence-corrected chi connectivity index (χ0v) is 13.9. The van der Waals surface area contributed by atoms with Crippen molar-refractivity contribution < 1.29 is 9.59 Å². The number of nitrogens with zero attached hydrogens (tertiary/aromatic N) is 1. The van der Waals surface area contributed by atoms with Crippen molar-refractivity contribution in [3.8, 4) is 0 Å². The SMILES string of the molecule is CC(NC(=O)CN1C(=O)CCCc2ccccc21)c1ccccc1. The molecule has 1 N–H and O–H groups in total. The number of rotatable bonds is 4. The predicted molar refractivity (Wildman–Crippen MR) is 94.7 cm³/mol. The van der Waals surface area contributed by atoms with Gasteiger partial charge in [-0.1, -0.05) is 48.5 Å². The molecule has 0 spiro atoms. The second-order valence-corrected chi connectivity index (χ2v) is 6.16. The summed E-state index contributed by atoms with van der Waals surface area (Å²) in [7, 11) is 0. The summed E-state index contributed by atoms with van der Waals surface area (Å²) in [6.07, 6.45) is 2.19. The number of anilines is 1. The number of nitrogens with one attached hydrogen (secondary N) is 1. The highest BCUT2D eigenvalue weighted by Gasteiger charge is 2.24. The van der Waals surface area contributed by atoms with Gasteiger partial charge in [-0.3, -0.25) is 9.59 Å². The standard InChI is InChI=1S/C20H22N2O2/c1-15(16-8-3-2-4-9-16)21-19(23)14-22-18-12-6-5-10-17(18)11-7-13-20(22)24/h2-6,8-10,12,15H,7,11,13-14H2,1H3,(H,21,23). The maximum Gasteiger partial charge on any atom is 0.240 e. The van der Waals surface area contributed by atoms with Crippen LogP contribution in [0.2, 0.25) is 0 Å². The van der Waals surface area contributed by atoms with Crippen LogP contribution in [-0.4, -0.2) is 18.4 Å². The third-order valence-electron chi connectivity index (χ3n) is 4.40. The van der Waals surface area contributed by atoms with E-state index in [1.807, 2.05) is 61.5 Å². The van der Waals surface area contributed by atoms with E-state index in [0.29, 0.717) is 6.42 Å². The quantitative estimate of drug-likeness (QED) is 0.939. The number of fused-ring (bicyclic) bond motifs is 1. The predicted octanol–water partition coefficient (Wildman–Crippen LogP) is 3.23. The molecule has 0 fully saturated rings. The lowest BCUT2D eigenvalue weighted by molar-refractivity contribution is -0.124. The van der Waals surface area contributed by atoms with Crippen LogP contribution in [0.15, 0.2) is 54.6 Å². The molecule has 24 heavy (non-hydrogen) atoms. The van der Waals surface area contributed by atoms with Gasteiger partial charge in [0.25, 0.3) is 0 Å². The first kappa shape index (κ1) is 16.2. The summed E-state index contributed by atoms with van der Waals surface area (Å²) >= 11 is 0. The number of para-hydroxylation sites is 1. The molecular weight excluding hydrogens is 300 g/mol. The third kappa shape index (κ3) is 3.65. The molecule has 1 atom stereocenters. The number of benzene rings is 2. The minimum atomic E-state index is -0.142. The summed E-state index contributed by atoms with van der Waals surface area (Å²) in [5.74, 6) is -0.126. The lowest BCUT2D eigenvalue weighted by Crippen LogP contribution is -2.41. The van der Waals surface area contributed by atoms with Crippen LogP contribution in [-0.2, 0) is 16.0 Å². The van der Waals surface area contributed by atoms with Crippen molar-refractivity contribution in [1.82, 2.24) is 5.32 Å². The Morgan fingerprint density at radius 3 is 2.58 bits per heavy atom. The van der Waals surface area contributed by atoms with Crippen LogP contribution in [0.3, 0.4) is 0 Å². The lowest BCUT2D eigenvalue weighted by Gasteiger charge is -2.23. The molecule has 0 saturated carbocycles. The Kier molecular flexibility index (Phi) is 4.94. The molecule has 0 aromatic heterocycles. The minimum Gasteiger partial charge on any atom is -0.348 e. The Bertz CT molecular complexity index is 727. The van der Waals surface area contributed by atoms with Crippen LogP contribution in [0, 0.1) is 0 Å². The van der Waals surface area contributed by atoms with E-state index in [9.17, 15) is 9.59 Å². The zero-order chi connectivity index (χ0) is 16.9. The van der Waals surface area contributed by atoms with Gasteiger partial charge in [-0.05, 0) is 37.0 Å². The average molecular weight is 322 g/mol. The van der Waals surface area contributed by atoms with Gasteiger partial charge in [0.2, 0.25) is 11.8 Å². The van der Waals surface area contributed by atoms with E-state index < -0.39 is 0 Å². The normalized spacial score (nSPS) is 15.4. The van der Waals surface area contributed by atoms with Gasteiger partial charge in [0.05, 0.1) is 6.04 Å². The Balaban J connectivity index is 1.72. The number of aryl methyl sites for hydroxylation is 1. The fraction of sp³-hybridized carbons (Fsp3) is 0.300. The number of amides is 2. The fourth-order valence-electron chi connectivity index (χ4n) is 3.11. The van der Waals surface area contributed by atoms with Crippen LogP contribution < -0.4 is 10.2 Å². The molecule has 3 rings (SSSR count). The van der Waals surface area contributed by atoms with Crippen LogP contribution in [0.25, 0.3) is 0 Å². The molecule has 1 aliphatic rings. The van der Waals surface area contributed by atoms with Crippen molar-refractivity contribution >= 4 is 17.5 Å². The fourth-order valence-corrected chi connectivity index (χ4v) is 3.11. The maximum absolute atomic E-state index is 12.5. The minimum absolute atomic E-state index is 0.0162. The van der Waals surface area contributed by atoms with Crippen LogP contribution in [0.1, 0.15) is 36.9 Å². The largest absolute Gasteiger partial charge is 0.348 e. The summed E-state index contributed by atoms with van der Waals surface area (Å²) < 4.78 is 0. The molecule has 0 bridgehead atoms. The Hall–Kier alpha value is -2.62. The molecular formula is C20H22N2O2. The molecule has 4 heteroatoms. The molecule has 1 heterocycles. The molecule has 124 valence electrons. The highest BCUT2D eigenvalue weighted by atomic mass is 16.2. The average Bonchev–Trinajstić information content (AvgIpc) is 2.75. The Labute approximate surface area is 142 Å². The molecule has 1 aliphatic heterocycles. The van der Waals surface area contributed by atoms with Crippen LogP contribution in [0.5, 0.6) is 0 Å². The molecule has 0 aliphatic carbocycles. The van der Waals surface area contributed by atoms with Gasteiger partial charge >= 0.3 is 0 Å². The van der Waals surface area contributed by atoms with E-state index in [-0.39, 0.29) is 24.4 Å². The maximum atomic E-state index is 12.5. The van der Waals surface area contributed by atoms with Gasteiger partial charge in [-0.15, -0.1) is 0 Å². The number of hydrogen-bond acceptors (Lipinski definition) is 2. The first-order valence-corrected chi connectivity index (χ1v) is 8.38. The van der Waals surface area contributed by atoms with Crippen molar-refractivity contribution in [2.24, 2.45) is 0 Å².